The average molecular weight is 194 g/mol. The quantitative estimate of drug-likeness (QED) is 0.699. The molecule has 0 radical (unpaired) electrons. The Morgan fingerprint density at radius 2 is 2.14 bits per heavy atom. The van der Waals surface area contributed by atoms with Gasteiger partial charge in [-0.25, -0.2) is 0 Å². The molecule has 3 nitrogen and oxygen atoms in total. The van der Waals surface area contributed by atoms with E-state index in [4.69, 9.17) is 5.73 Å². The summed E-state index contributed by atoms with van der Waals surface area (Å²) in [6, 6.07) is 0.618. The van der Waals surface area contributed by atoms with Gasteiger partial charge in [-0.3, -0.25) is 4.79 Å². The molecule has 1 aliphatic heterocycles. The second kappa shape index (κ2) is 2.96. The van der Waals surface area contributed by atoms with Crippen molar-refractivity contribution in [3.8, 4) is 0 Å². The maximum atomic E-state index is 11.7. The number of fused-ring (bicyclic) bond motifs is 5. The van der Waals surface area contributed by atoms with E-state index in [0.717, 1.165) is 24.3 Å². The van der Waals surface area contributed by atoms with Crippen molar-refractivity contribution in [3.63, 3.8) is 0 Å². The molecule has 1 heterocycles. The monoisotopic (exact) mass is 194 g/mol. The highest BCUT2D eigenvalue weighted by atomic mass is 16.2. The molecule has 3 aliphatic rings. The predicted molar refractivity (Wildman–Crippen MR) is 53.5 cm³/mol. The van der Waals surface area contributed by atoms with Crippen LogP contribution in [-0.4, -0.2) is 29.9 Å². The third kappa shape index (κ3) is 0.991. The molecule has 4 atom stereocenters. The molecular weight excluding hydrogens is 176 g/mol. The molecule has 3 rings (SSSR count). The second-order valence-corrected chi connectivity index (χ2v) is 5.07. The number of nitrogens with zero attached hydrogens (tertiary/aromatic N) is 1. The van der Waals surface area contributed by atoms with Gasteiger partial charge in [-0.05, 0) is 31.1 Å². The fourth-order valence-electron chi connectivity index (χ4n) is 3.87. The zero-order valence-electron chi connectivity index (χ0n) is 8.48. The van der Waals surface area contributed by atoms with Crippen molar-refractivity contribution in [1.82, 2.24) is 4.90 Å². The van der Waals surface area contributed by atoms with Gasteiger partial charge in [0.1, 0.15) is 0 Å². The molecule has 0 spiro atoms. The minimum atomic E-state index is 0.293. The Labute approximate surface area is 84.6 Å². The van der Waals surface area contributed by atoms with Crippen LogP contribution < -0.4 is 5.73 Å². The first-order valence-electron chi connectivity index (χ1n) is 5.81. The molecule has 0 aromatic rings. The molecule has 2 saturated carbocycles. The first kappa shape index (κ1) is 8.72. The number of carbonyl (C=O) groups excluding carboxylic acids is 1. The van der Waals surface area contributed by atoms with Gasteiger partial charge in [0.15, 0.2) is 0 Å². The van der Waals surface area contributed by atoms with E-state index in [2.05, 4.69) is 4.90 Å². The smallest absolute Gasteiger partial charge is 0.224 e. The Morgan fingerprint density at radius 1 is 1.36 bits per heavy atom. The van der Waals surface area contributed by atoms with Crippen molar-refractivity contribution in [1.29, 1.82) is 0 Å². The maximum Gasteiger partial charge on any atom is 0.224 e. The third-order valence-corrected chi connectivity index (χ3v) is 4.49. The van der Waals surface area contributed by atoms with Crippen molar-refractivity contribution in [2.24, 2.45) is 23.5 Å². The molecule has 3 fully saturated rings. The molecular formula is C11H18N2O. The molecule has 4 unspecified atom stereocenters. The number of amides is 1. The summed E-state index contributed by atoms with van der Waals surface area (Å²) >= 11 is 0. The largest absolute Gasteiger partial charge is 0.339 e. The number of rotatable bonds is 2. The van der Waals surface area contributed by atoms with E-state index in [1.807, 2.05) is 0 Å². The van der Waals surface area contributed by atoms with Crippen molar-refractivity contribution in [2.75, 3.05) is 13.1 Å². The lowest BCUT2D eigenvalue weighted by Crippen LogP contribution is -2.61. The van der Waals surface area contributed by atoms with Gasteiger partial charge in [0, 0.05) is 31.5 Å². The van der Waals surface area contributed by atoms with E-state index < -0.39 is 0 Å². The van der Waals surface area contributed by atoms with Crippen LogP contribution in [0.2, 0.25) is 0 Å². The van der Waals surface area contributed by atoms with Crippen LogP contribution in [0.15, 0.2) is 0 Å². The Hall–Kier alpha value is -0.570. The molecule has 1 amide bonds. The molecule has 1 saturated heterocycles. The summed E-state index contributed by atoms with van der Waals surface area (Å²) in [6.07, 6.45) is 4.71. The van der Waals surface area contributed by atoms with E-state index in [9.17, 15) is 4.79 Å². The summed E-state index contributed by atoms with van der Waals surface area (Å²) in [5, 5.41) is 0. The van der Waals surface area contributed by atoms with Crippen LogP contribution in [0.1, 0.15) is 25.7 Å². The van der Waals surface area contributed by atoms with Crippen LogP contribution in [0.3, 0.4) is 0 Å². The third-order valence-electron chi connectivity index (χ3n) is 4.49. The number of likely N-dealkylation sites (tertiary alicyclic amines) is 1. The molecule has 0 aromatic carbocycles. The topological polar surface area (TPSA) is 46.3 Å². The molecule has 14 heavy (non-hydrogen) atoms. The van der Waals surface area contributed by atoms with Gasteiger partial charge in [-0.2, -0.15) is 0 Å². The van der Waals surface area contributed by atoms with Crippen molar-refractivity contribution in [2.45, 2.75) is 31.7 Å². The molecule has 2 bridgehead atoms. The maximum absolute atomic E-state index is 11.7. The van der Waals surface area contributed by atoms with Crippen LogP contribution >= 0.6 is 0 Å². The van der Waals surface area contributed by atoms with Gasteiger partial charge in [0.05, 0.1) is 0 Å². The van der Waals surface area contributed by atoms with Crippen LogP contribution in [0.5, 0.6) is 0 Å². The number of carbonyl (C=O) groups is 1. The van der Waals surface area contributed by atoms with Crippen LogP contribution in [0.4, 0.5) is 0 Å². The zero-order chi connectivity index (χ0) is 9.71. The van der Waals surface area contributed by atoms with E-state index in [0.29, 0.717) is 24.9 Å². The summed E-state index contributed by atoms with van der Waals surface area (Å²) < 4.78 is 0. The van der Waals surface area contributed by atoms with E-state index in [1.54, 1.807) is 0 Å². The summed E-state index contributed by atoms with van der Waals surface area (Å²) in [5.74, 6) is 2.93. The first-order valence-corrected chi connectivity index (χ1v) is 5.81. The Kier molecular flexibility index (Phi) is 1.84. The normalized spacial score (nSPS) is 43.6. The highest BCUT2D eigenvalue weighted by Gasteiger charge is 2.57. The van der Waals surface area contributed by atoms with Crippen LogP contribution in [0.25, 0.3) is 0 Å². The number of hydrogen-bond donors (Lipinski definition) is 1. The average Bonchev–Trinajstić information content (AvgIpc) is 2.60. The first-order chi connectivity index (χ1) is 6.81. The minimum Gasteiger partial charge on any atom is -0.339 e. The highest BCUT2D eigenvalue weighted by molar-refractivity contribution is 5.78. The molecule has 78 valence electrons. The lowest BCUT2D eigenvalue weighted by molar-refractivity contribution is -0.146. The van der Waals surface area contributed by atoms with Crippen molar-refractivity contribution >= 4 is 5.91 Å². The number of nitrogens with two attached hydrogens (primary N) is 1. The summed E-state index contributed by atoms with van der Waals surface area (Å²) in [5.41, 5.74) is 5.41. The second-order valence-electron chi connectivity index (χ2n) is 5.07. The lowest BCUT2D eigenvalue weighted by Gasteiger charge is -2.50. The van der Waals surface area contributed by atoms with Gasteiger partial charge in [-0.15, -0.1) is 0 Å². The van der Waals surface area contributed by atoms with Crippen LogP contribution in [0, 0.1) is 17.8 Å². The summed E-state index contributed by atoms with van der Waals surface area (Å²) in [4.78, 5) is 13.8. The van der Waals surface area contributed by atoms with Gasteiger partial charge in [0.2, 0.25) is 5.91 Å². The lowest BCUT2D eigenvalue weighted by atomic mass is 9.76. The van der Waals surface area contributed by atoms with Gasteiger partial charge < -0.3 is 10.6 Å². The fourth-order valence-corrected chi connectivity index (χ4v) is 3.87. The molecule has 2 aliphatic carbocycles. The fraction of sp³-hybridized carbons (Fsp3) is 0.909. The van der Waals surface area contributed by atoms with Gasteiger partial charge in [0.25, 0.3) is 0 Å². The molecule has 0 aromatic heterocycles. The minimum absolute atomic E-state index is 0.293. The summed E-state index contributed by atoms with van der Waals surface area (Å²) in [7, 11) is 0. The Morgan fingerprint density at radius 3 is 2.86 bits per heavy atom. The van der Waals surface area contributed by atoms with E-state index in [-0.39, 0.29) is 0 Å². The van der Waals surface area contributed by atoms with E-state index in [1.165, 1.54) is 19.3 Å². The predicted octanol–water partition coefficient (Wildman–Crippen LogP) is 0.592. The van der Waals surface area contributed by atoms with Crippen molar-refractivity contribution < 1.29 is 4.79 Å². The van der Waals surface area contributed by atoms with Gasteiger partial charge in [-0.1, -0.05) is 0 Å². The van der Waals surface area contributed by atoms with Crippen molar-refractivity contribution in [3.05, 3.63) is 0 Å². The van der Waals surface area contributed by atoms with E-state index >= 15 is 0 Å². The SMILES string of the molecule is NCCC(=O)N1CC2C3CCC(C3)C21. The molecule has 3 heteroatoms. The summed E-state index contributed by atoms with van der Waals surface area (Å²) in [6.45, 7) is 1.53. The van der Waals surface area contributed by atoms with Gasteiger partial charge >= 0.3 is 0 Å². The standard InChI is InChI=1S/C11H18N2O/c12-4-3-10(14)13-6-9-7-1-2-8(5-7)11(9)13/h7-9,11H,1-6,12H2. The van der Waals surface area contributed by atoms with Crippen LogP contribution in [-0.2, 0) is 4.79 Å². The zero-order valence-corrected chi connectivity index (χ0v) is 8.48. The molecule has 2 N–H and O–H groups in total. The Bertz CT molecular complexity index is 264. The number of hydrogen-bond acceptors (Lipinski definition) is 2. The Balaban J connectivity index is 1.68. The highest BCUT2D eigenvalue weighted by Crippen LogP contribution is 2.55.